The van der Waals surface area contributed by atoms with Crippen molar-refractivity contribution in [1.29, 1.82) is 0 Å². The van der Waals surface area contributed by atoms with Gasteiger partial charge in [-0.05, 0) is 48.1 Å². The van der Waals surface area contributed by atoms with E-state index in [0.29, 0.717) is 12.3 Å². The molecule has 4 nitrogen and oxygen atoms in total. The summed E-state index contributed by atoms with van der Waals surface area (Å²) in [5.41, 5.74) is -5.53. The first-order valence-corrected chi connectivity index (χ1v) is 9.74. The van der Waals surface area contributed by atoms with Crippen molar-refractivity contribution in [3.05, 3.63) is 36.0 Å². The first-order valence-electron chi connectivity index (χ1n) is 7.60. The van der Waals surface area contributed by atoms with Gasteiger partial charge in [-0.2, -0.15) is 26.3 Å². The van der Waals surface area contributed by atoms with E-state index < -0.39 is 28.4 Å². The molecule has 1 aromatic carbocycles. The maximum absolute atomic E-state index is 12.9. The molecule has 0 bridgehead atoms. The Kier molecular flexibility index (Phi) is 5.56. The molecule has 150 valence electrons. The van der Waals surface area contributed by atoms with Crippen LogP contribution >= 0.6 is 11.8 Å². The zero-order valence-electron chi connectivity index (χ0n) is 13.9. The van der Waals surface area contributed by atoms with E-state index in [1.54, 1.807) is 0 Å². The largest absolute Gasteiger partial charge is 0.611 e. The molecule has 1 atom stereocenters. The molecular formula is C16H10F6N2O2S2. The maximum atomic E-state index is 12.9. The van der Waals surface area contributed by atoms with Gasteiger partial charge in [-0.25, -0.2) is 9.97 Å². The molecule has 0 aliphatic carbocycles. The lowest BCUT2D eigenvalue weighted by atomic mass is 10.2. The highest BCUT2D eigenvalue weighted by Crippen LogP contribution is 2.39. The molecule has 0 radical (unpaired) electrons. The predicted molar refractivity (Wildman–Crippen MR) is 91.1 cm³/mol. The lowest BCUT2D eigenvalue weighted by Gasteiger charge is -2.13. The molecular weight excluding hydrogens is 430 g/mol. The molecule has 28 heavy (non-hydrogen) atoms. The molecule has 12 heteroatoms. The molecule has 0 aliphatic heterocycles. The fourth-order valence-corrected chi connectivity index (χ4v) is 3.79. The van der Waals surface area contributed by atoms with Crippen LogP contribution in [-0.4, -0.2) is 25.8 Å². The van der Waals surface area contributed by atoms with Crippen molar-refractivity contribution in [3.63, 3.8) is 0 Å². The number of halogens is 6. The number of aromatic nitrogens is 2. The summed E-state index contributed by atoms with van der Waals surface area (Å²) in [5, 5.41) is 0. The molecule has 3 aromatic rings. The average molecular weight is 440 g/mol. The lowest BCUT2D eigenvalue weighted by molar-refractivity contribution is -0.138. The third kappa shape index (κ3) is 4.55. The highest BCUT2D eigenvalue weighted by molar-refractivity contribution is 8.00. The second kappa shape index (κ2) is 7.48. The second-order valence-electron chi connectivity index (χ2n) is 5.40. The summed E-state index contributed by atoms with van der Waals surface area (Å²) in [6, 6.07) is 4.30. The van der Waals surface area contributed by atoms with Gasteiger partial charge in [0.25, 0.3) is 5.89 Å². The number of oxazole rings is 1. The van der Waals surface area contributed by atoms with Gasteiger partial charge in [0.05, 0.1) is 5.56 Å². The fraction of sp³-hybridized carbons (Fsp3) is 0.250. The van der Waals surface area contributed by atoms with E-state index in [1.165, 1.54) is 19.1 Å². The molecule has 1 unspecified atom stereocenters. The second-order valence-corrected chi connectivity index (χ2v) is 8.25. The molecule has 0 saturated heterocycles. The van der Waals surface area contributed by atoms with Crippen LogP contribution in [0, 0.1) is 0 Å². The monoisotopic (exact) mass is 440 g/mol. The van der Waals surface area contributed by atoms with E-state index in [-0.39, 0.29) is 50.0 Å². The van der Waals surface area contributed by atoms with Gasteiger partial charge < -0.3 is 8.97 Å². The Balaban J connectivity index is 2.08. The highest BCUT2D eigenvalue weighted by Gasteiger charge is 2.34. The summed E-state index contributed by atoms with van der Waals surface area (Å²) in [6.45, 7) is 1.52. The van der Waals surface area contributed by atoms with Gasteiger partial charge in [-0.1, -0.05) is 0 Å². The zero-order chi connectivity index (χ0) is 20.7. The van der Waals surface area contributed by atoms with Gasteiger partial charge in [0.1, 0.15) is 11.3 Å². The van der Waals surface area contributed by atoms with Crippen LogP contribution in [0.25, 0.3) is 22.7 Å². The summed E-state index contributed by atoms with van der Waals surface area (Å²) < 4.78 is 94.0. The number of alkyl halides is 6. The topological polar surface area (TPSA) is 62.0 Å². The van der Waals surface area contributed by atoms with Gasteiger partial charge >= 0.3 is 11.7 Å². The smallest absolute Gasteiger partial charge is 0.446 e. The van der Waals surface area contributed by atoms with Crippen LogP contribution in [0.2, 0.25) is 0 Å². The maximum Gasteiger partial charge on any atom is 0.446 e. The van der Waals surface area contributed by atoms with E-state index in [2.05, 4.69) is 9.97 Å². The standard InChI is InChI=1S/C16H10F6N2O2S2/c1-2-28(25)12-5-8(15(17,18)19)7-23-13(12)14-24-10-6-9(27-16(20,21)22)3-4-11(10)26-14/h3-7H,2H2,1H3. The number of nitrogens with zero attached hydrogens (tertiary/aromatic N) is 2. The Morgan fingerprint density at radius 1 is 1.14 bits per heavy atom. The summed E-state index contributed by atoms with van der Waals surface area (Å²) in [5.74, 6) is -0.197. The number of thioether (sulfide) groups is 1. The molecule has 0 N–H and O–H groups in total. The number of rotatable bonds is 4. The van der Waals surface area contributed by atoms with Crippen LogP contribution in [0.4, 0.5) is 26.3 Å². The molecule has 2 aromatic heterocycles. The van der Waals surface area contributed by atoms with Crippen LogP contribution in [0.5, 0.6) is 0 Å². The van der Waals surface area contributed by atoms with Crippen LogP contribution in [0.15, 0.2) is 44.7 Å². The number of hydrogen-bond acceptors (Lipinski definition) is 5. The van der Waals surface area contributed by atoms with Gasteiger partial charge in [0.2, 0.25) is 0 Å². The minimum atomic E-state index is -4.68. The Hall–Kier alpha value is -1.92. The molecule has 3 rings (SSSR count). The van der Waals surface area contributed by atoms with E-state index in [4.69, 9.17) is 4.42 Å². The molecule has 0 fully saturated rings. The van der Waals surface area contributed by atoms with Crippen molar-refractivity contribution in [2.75, 3.05) is 5.75 Å². The Morgan fingerprint density at radius 2 is 1.86 bits per heavy atom. The number of benzene rings is 1. The highest BCUT2D eigenvalue weighted by atomic mass is 32.2. The normalized spacial score (nSPS) is 13.9. The molecule has 0 aliphatic rings. The Labute approximate surface area is 161 Å². The Morgan fingerprint density at radius 3 is 2.46 bits per heavy atom. The minimum Gasteiger partial charge on any atom is -0.611 e. The van der Waals surface area contributed by atoms with Gasteiger partial charge in [0.15, 0.2) is 16.2 Å². The van der Waals surface area contributed by atoms with E-state index >= 15 is 0 Å². The van der Waals surface area contributed by atoms with Crippen molar-refractivity contribution < 1.29 is 35.3 Å². The van der Waals surface area contributed by atoms with Gasteiger partial charge in [-0.3, -0.25) is 0 Å². The summed E-state index contributed by atoms with van der Waals surface area (Å²) in [4.78, 5) is 7.38. The van der Waals surface area contributed by atoms with Crippen molar-refractivity contribution >= 4 is 34.0 Å². The van der Waals surface area contributed by atoms with E-state index in [0.717, 1.165) is 6.07 Å². The van der Waals surface area contributed by atoms with Crippen LogP contribution in [0.1, 0.15) is 12.5 Å². The summed E-state index contributed by atoms with van der Waals surface area (Å²) >= 11 is -2.14. The molecule has 0 saturated carbocycles. The van der Waals surface area contributed by atoms with Crippen LogP contribution < -0.4 is 0 Å². The van der Waals surface area contributed by atoms with Crippen LogP contribution in [-0.2, 0) is 17.4 Å². The van der Waals surface area contributed by atoms with Crippen molar-refractivity contribution in [3.8, 4) is 11.6 Å². The third-order valence-corrected chi connectivity index (χ3v) is 5.53. The number of hydrogen-bond donors (Lipinski definition) is 0. The molecule has 0 spiro atoms. The zero-order valence-corrected chi connectivity index (χ0v) is 15.5. The molecule has 2 heterocycles. The summed E-state index contributed by atoms with van der Waals surface area (Å²) in [6.07, 6.45) is -4.12. The lowest BCUT2D eigenvalue weighted by Crippen LogP contribution is -2.12. The SMILES string of the molecule is CC[S+]([O-])c1cc(C(F)(F)F)cnc1-c1nc2cc(SC(F)(F)F)ccc2o1. The van der Waals surface area contributed by atoms with Gasteiger partial charge in [-0.15, -0.1) is 0 Å². The summed E-state index contributed by atoms with van der Waals surface area (Å²) in [7, 11) is 0. The average Bonchev–Trinajstić information content (AvgIpc) is 3.01. The van der Waals surface area contributed by atoms with Crippen molar-refractivity contribution in [2.45, 2.75) is 28.4 Å². The Bertz CT molecular complexity index is 1000. The van der Waals surface area contributed by atoms with Crippen LogP contribution in [0.3, 0.4) is 0 Å². The number of fused-ring (bicyclic) bond motifs is 1. The first-order chi connectivity index (χ1) is 13.0. The third-order valence-electron chi connectivity index (χ3n) is 3.48. The van der Waals surface area contributed by atoms with Gasteiger partial charge in [0, 0.05) is 17.2 Å². The van der Waals surface area contributed by atoms with E-state index in [1.807, 2.05) is 0 Å². The van der Waals surface area contributed by atoms with E-state index in [9.17, 15) is 30.9 Å². The fourth-order valence-electron chi connectivity index (χ4n) is 2.29. The first kappa shape index (κ1) is 20.8. The quantitative estimate of drug-likeness (QED) is 0.298. The minimum absolute atomic E-state index is 0.0303. The molecule has 0 amide bonds. The van der Waals surface area contributed by atoms with Crippen molar-refractivity contribution in [1.82, 2.24) is 9.97 Å². The number of pyridine rings is 1. The van der Waals surface area contributed by atoms with Crippen molar-refractivity contribution in [2.24, 2.45) is 0 Å². The predicted octanol–water partition coefficient (Wildman–Crippen LogP) is 5.65.